The molecule has 1 fully saturated rings. The van der Waals surface area contributed by atoms with E-state index in [1.807, 2.05) is 35.5 Å². The molecule has 0 atom stereocenters. The van der Waals surface area contributed by atoms with Crippen molar-refractivity contribution in [1.29, 1.82) is 0 Å². The van der Waals surface area contributed by atoms with Gasteiger partial charge in [0, 0.05) is 24.0 Å². The number of likely N-dealkylation sites (N-methyl/N-ethyl adjacent to an activating group) is 1. The molecule has 0 radical (unpaired) electrons. The molecule has 1 N–H and O–H groups in total. The number of halogens is 2. The molecular weight excluding hydrogens is 409 g/mol. The molecule has 2 aliphatic heterocycles. The van der Waals surface area contributed by atoms with E-state index in [0.717, 1.165) is 53.7 Å². The van der Waals surface area contributed by atoms with Crippen molar-refractivity contribution >= 4 is 42.1 Å². The molecule has 4 rings (SSSR count). The van der Waals surface area contributed by atoms with Crippen molar-refractivity contribution in [3.8, 4) is 22.1 Å². The maximum atomic E-state index is 12.5. The highest BCUT2D eigenvalue weighted by Gasteiger charge is 2.23. The van der Waals surface area contributed by atoms with Crippen LogP contribution in [-0.2, 0) is 11.2 Å². The zero-order chi connectivity index (χ0) is 17.2. The van der Waals surface area contributed by atoms with Crippen LogP contribution in [0.4, 0.5) is 0 Å². The van der Waals surface area contributed by atoms with E-state index >= 15 is 0 Å². The summed E-state index contributed by atoms with van der Waals surface area (Å²) >= 11 is 1.55. The Morgan fingerprint density at radius 1 is 1.26 bits per heavy atom. The normalized spacial score (nSPS) is 15.6. The van der Waals surface area contributed by atoms with Gasteiger partial charge in [-0.05, 0) is 44.1 Å². The number of hydrogen-bond acceptors (Lipinski definition) is 6. The van der Waals surface area contributed by atoms with E-state index in [1.165, 1.54) is 0 Å². The summed E-state index contributed by atoms with van der Waals surface area (Å²) in [4.78, 5) is 19.1. The van der Waals surface area contributed by atoms with Crippen molar-refractivity contribution < 1.29 is 14.3 Å². The van der Waals surface area contributed by atoms with Crippen LogP contribution in [0.25, 0.3) is 10.6 Å². The molecule has 0 unspecified atom stereocenters. The average molecular weight is 432 g/mol. The first-order valence-corrected chi connectivity index (χ1v) is 9.39. The van der Waals surface area contributed by atoms with E-state index in [2.05, 4.69) is 10.3 Å². The molecule has 0 spiro atoms. The molecule has 27 heavy (non-hydrogen) atoms. The predicted molar refractivity (Wildman–Crippen MR) is 111 cm³/mol. The molecule has 0 saturated carbocycles. The van der Waals surface area contributed by atoms with E-state index in [0.29, 0.717) is 12.5 Å². The molecule has 2 aliphatic rings. The second-order valence-electron chi connectivity index (χ2n) is 6.37. The summed E-state index contributed by atoms with van der Waals surface area (Å²) in [5.74, 6) is 1.64. The summed E-state index contributed by atoms with van der Waals surface area (Å²) < 4.78 is 10.8. The SMILES string of the molecule is CN(C(=O)Cc1csc(-c2ccc3c(c2)OCO3)n1)C1CCNCC1.Cl.Cl. The lowest BCUT2D eigenvalue weighted by Gasteiger charge is -2.31. The number of carbonyl (C=O) groups is 1. The van der Waals surface area contributed by atoms with Crippen LogP contribution in [0.2, 0.25) is 0 Å². The quantitative estimate of drug-likeness (QED) is 0.805. The van der Waals surface area contributed by atoms with Gasteiger partial charge in [0.15, 0.2) is 11.5 Å². The molecule has 0 bridgehead atoms. The molecule has 1 aromatic carbocycles. The first-order valence-electron chi connectivity index (χ1n) is 8.51. The number of carbonyl (C=O) groups excluding carboxylic acids is 1. The van der Waals surface area contributed by atoms with Gasteiger partial charge in [-0.1, -0.05) is 0 Å². The molecule has 1 aromatic heterocycles. The van der Waals surface area contributed by atoms with Crippen LogP contribution in [0.1, 0.15) is 18.5 Å². The molecule has 0 aliphatic carbocycles. The minimum absolute atomic E-state index is 0. The van der Waals surface area contributed by atoms with Gasteiger partial charge >= 0.3 is 0 Å². The molecule has 6 nitrogen and oxygen atoms in total. The molecule has 9 heteroatoms. The maximum Gasteiger partial charge on any atom is 0.231 e. The number of piperidine rings is 1. The van der Waals surface area contributed by atoms with Crippen molar-refractivity contribution in [3.05, 3.63) is 29.3 Å². The number of benzene rings is 1. The van der Waals surface area contributed by atoms with Crippen molar-refractivity contribution in [2.75, 3.05) is 26.9 Å². The predicted octanol–water partition coefficient (Wildman–Crippen LogP) is 3.14. The Morgan fingerprint density at radius 2 is 2.00 bits per heavy atom. The Morgan fingerprint density at radius 3 is 2.78 bits per heavy atom. The standard InChI is InChI=1S/C18H21N3O3S.2ClH/c1-21(14-4-6-19-7-5-14)17(22)9-13-10-25-18(20-13)12-2-3-15-16(8-12)24-11-23-15;;/h2-3,8,10,14,19H,4-7,9,11H2,1H3;2*1H. The number of nitrogens with zero attached hydrogens (tertiary/aromatic N) is 2. The van der Waals surface area contributed by atoms with Crippen LogP contribution in [0.5, 0.6) is 11.5 Å². The fourth-order valence-corrected chi connectivity index (χ4v) is 4.04. The third-order valence-electron chi connectivity index (χ3n) is 4.75. The second-order valence-corrected chi connectivity index (χ2v) is 7.23. The fourth-order valence-electron chi connectivity index (χ4n) is 3.23. The summed E-state index contributed by atoms with van der Waals surface area (Å²) in [7, 11) is 1.91. The monoisotopic (exact) mass is 431 g/mol. The lowest BCUT2D eigenvalue weighted by Crippen LogP contribution is -2.44. The number of thiazole rings is 1. The first-order chi connectivity index (χ1) is 12.2. The van der Waals surface area contributed by atoms with E-state index in [-0.39, 0.29) is 37.5 Å². The topological polar surface area (TPSA) is 63.7 Å². The van der Waals surface area contributed by atoms with Crippen LogP contribution >= 0.6 is 36.2 Å². The van der Waals surface area contributed by atoms with Gasteiger partial charge in [0.2, 0.25) is 12.7 Å². The number of amides is 1. The Bertz CT molecular complexity index is 781. The summed E-state index contributed by atoms with van der Waals surface area (Å²) in [6.07, 6.45) is 2.38. The van der Waals surface area contributed by atoms with Crippen molar-refractivity contribution in [2.24, 2.45) is 0 Å². The van der Waals surface area contributed by atoms with Crippen LogP contribution in [0.3, 0.4) is 0 Å². The van der Waals surface area contributed by atoms with Crippen molar-refractivity contribution in [3.63, 3.8) is 0 Å². The third-order valence-corrected chi connectivity index (χ3v) is 5.69. The van der Waals surface area contributed by atoms with E-state index in [1.54, 1.807) is 11.3 Å². The maximum absolute atomic E-state index is 12.5. The largest absolute Gasteiger partial charge is 0.454 e. The second kappa shape index (κ2) is 9.59. The lowest BCUT2D eigenvalue weighted by atomic mass is 10.0. The number of rotatable bonds is 4. The van der Waals surface area contributed by atoms with Crippen molar-refractivity contribution in [2.45, 2.75) is 25.3 Å². The van der Waals surface area contributed by atoms with E-state index < -0.39 is 0 Å². The molecule has 1 amide bonds. The highest BCUT2D eigenvalue weighted by Crippen LogP contribution is 2.36. The number of ether oxygens (including phenoxy) is 2. The van der Waals surface area contributed by atoms with Crippen LogP contribution < -0.4 is 14.8 Å². The van der Waals surface area contributed by atoms with Gasteiger partial charge in [-0.15, -0.1) is 36.2 Å². The number of aromatic nitrogens is 1. The Labute approximate surface area is 175 Å². The average Bonchev–Trinajstić information content (AvgIpc) is 3.30. The Balaban J connectivity index is 0.00000131. The Kier molecular flexibility index (Phi) is 7.73. The lowest BCUT2D eigenvalue weighted by molar-refractivity contribution is -0.131. The van der Waals surface area contributed by atoms with Crippen molar-refractivity contribution in [1.82, 2.24) is 15.2 Å². The van der Waals surface area contributed by atoms with Gasteiger partial charge in [0.1, 0.15) is 5.01 Å². The fraction of sp³-hybridized carbons (Fsp3) is 0.444. The van der Waals surface area contributed by atoms with Gasteiger partial charge in [-0.3, -0.25) is 4.79 Å². The van der Waals surface area contributed by atoms with E-state index in [9.17, 15) is 4.79 Å². The Hall–Kier alpha value is -1.54. The van der Waals surface area contributed by atoms with Gasteiger partial charge in [-0.25, -0.2) is 4.98 Å². The number of fused-ring (bicyclic) bond motifs is 1. The number of nitrogens with one attached hydrogen (secondary N) is 1. The van der Waals surface area contributed by atoms with Gasteiger partial charge in [-0.2, -0.15) is 0 Å². The molecule has 1 saturated heterocycles. The third kappa shape index (κ3) is 4.85. The summed E-state index contributed by atoms with van der Waals surface area (Å²) in [5.41, 5.74) is 1.81. The zero-order valence-electron chi connectivity index (χ0n) is 15.0. The van der Waals surface area contributed by atoms with E-state index in [4.69, 9.17) is 9.47 Å². The highest BCUT2D eigenvalue weighted by molar-refractivity contribution is 7.13. The minimum atomic E-state index is 0. The van der Waals surface area contributed by atoms with Gasteiger partial charge < -0.3 is 19.7 Å². The minimum Gasteiger partial charge on any atom is -0.454 e. The number of hydrogen-bond donors (Lipinski definition) is 1. The van der Waals surface area contributed by atoms with Gasteiger partial charge in [0.05, 0.1) is 12.1 Å². The van der Waals surface area contributed by atoms with Gasteiger partial charge in [0.25, 0.3) is 0 Å². The molecule has 148 valence electrons. The summed E-state index contributed by atoms with van der Waals surface area (Å²) in [6, 6.07) is 6.14. The summed E-state index contributed by atoms with van der Waals surface area (Å²) in [6.45, 7) is 2.22. The molecule has 3 heterocycles. The molecule has 2 aromatic rings. The summed E-state index contributed by atoms with van der Waals surface area (Å²) in [5, 5.41) is 6.19. The zero-order valence-corrected chi connectivity index (χ0v) is 17.4. The van der Waals surface area contributed by atoms with Crippen LogP contribution in [-0.4, -0.2) is 48.8 Å². The first kappa shape index (κ1) is 21.8. The van der Waals surface area contributed by atoms with Crippen LogP contribution in [0.15, 0.2) is 23.6 Å². The van der Waals surface area contributed by atoms with Crippen LogP contribution in [0, 0.1) is 0 Å². The molecular formula is C18H23Cl2N3O3S. The highest BCUT2D eigenvalue weighted by atomic mass is 35.5. The smallest absolute Gasteiger partial charge is 0.231 e.